The molecule has 0 radical (unpaired) electrons. The molecule has 0 amide bonds. The molecule has 0 spiro atoms. The largest absolute Gasteiger partial charge is 0.457 e. The van der Waals surface area contributed by atoms with Crippen LogP contribution in [0, 0.1) is 20.8 Å². The van der Waals surface area contributed by atoms with Gasteiger partial charge in [-0.2, -0.15) is 5.10 Å². The molecule has 7 nitrogen and oxygen atoms in total. The Balaban J connectivity index is 1.26. The Kier molecular flexibility index (Phi) is 7.24. The van der Waals surface area contributed by atoms with E-state index in [2.05, 4.69) is 124 Å². The van der Waals surface area contributed by atoms with Gasteiger partial charge in [0.1, 0.15) is 17.3 Å². The fourth-order valence-electron chi connectivity index (χ4n) is 6.72. The Morgan fingerprint density at radius 1 is 0.674 bits per heavy atom. The second-order valence-electron chi connectivity index (χ2n) is 12.4. The highest BCUT2D eigenvalue weighted by atomic mass is 16.5. The first-order valence-corrected chi connectivity index (χ1v) is 15.5. The highest BCUT2D eigenvalue weighted by Crippen LogP contribution is 2.43. The normalized spacial score (nSPS) is 11.4. The third kappa shape index (κ3) is 5.04. The number of aryl methyl sites for hydroxylation is 3. The van der Waals surface area contributed by atoms with Gasteiger partial charge in [0, 0.05) is 86.0 Å². The molecular formula is C39H38N6O. The van der Waals surface area contributed by atoms with Crippen molar-refractivity contribution in [3.63, 3.8) is 0 Å². The number of para-hydroxylation sites is 1. The Morgan fingerprint density at radius 2 is 1.39 bits per heavy atom. The molecule has 4 aromatic carbocycles. The summed E-state index contributed by atoms with van der Waals surface area (Å²) in [5.41, 5.74) is 11.3. The molecule has 0 aliphatic rings. The summed E-state index contributed by atoms with van der Waals surface area (Å²) >= 11 is 0. The number of aromatic nitrogens is 4. The minimum Gasteiger partial charge on any atom is -0.457 e. The van der Waals surface area contributed by atoms with Gasteiger partial charge in [0.05, 0.1) is 22.9 Å². The van der Waals surface area contributed by atoms with Crippen LogP contribution in [0.25, 0.3) is 44.4 Å². The minimum atomic E-state index is 0.736. The van der Waals surface area contributed by atoms with Gasteiger partial charge in [0.15, 0.2) is 0 Å². The van der Waals surface area contributed by atoms with Crippen LogP contribution in [-0.2, 0) is 0 Å². The van der Waals surface area contributed by atoms with Crippen LogP contribution in [0.5, 0.6) is 11.5 Å². The maximum atomic E-state index is 6.50. The summed E-state index contributed by atoms with van der Waals surface area (Å²) in [4.78, 5) is 9.09. The number of anilines is 2. The van der Waals surface area contributed by atoms with E-state index in [1.54, 1.807) is 0 Å². The van der Waals surface area contributed by atoms with Gasteiger partial charge in [-0.05, 0) is 79.9 Å². The first kappa shape index (κ1) is 29.2. The molecule has 7 aromatic rings. The van der Waals surface area contributed by atoms with Crippen LogP contribution in [0.3, 0.4) is 0 Å². The average molecular weight is 607 g/mol. The molecule has 0 aliphatic heterocycles. The van der Waals surface area contributed by atoms with Gasteiger partial charge in [-0.25, -0.2) is 9.67 Å². The molecule has 3 aromatic heterocycles. The van der Waals surface area contributed by atoms with Crippen LogP contribution in [0.2, 0.25) is 0 Å². The first-order valence-electron chi connectivity index (χ1n) is 15.5. The summed E-state index contributed by atoms with van der Waals surface area (Å²) in [6.07, 6.45) is 5.92. The predicted octanol–water partition coefficient (Wildman–Crippen LogP) is 8.88. The van der Waals surface area contributed by atoms with Crippen LogP contribution in [0.1, 0.15) is 16.7 Å². The van der Waals surface area contributed by atoms with Crippen molar-refractivity contribution in [2.24, 2.45) is 0 Å². The minimum absolute atomic E-state index is 0.736. The second kappa shape index (κ2) is 11.4. The lowest BCUT2D eigenvalue weighted by Crippen LogP contribution is -2.17. The Bertz CT molecular complexity index is 2210. The second-order valence-corrected chi connectivity index (χ2v) is 12.4. The van der Waals surface area contributed by atoms with E-state index in [0.717, 1.165) is 50.6 Å². The van der Waals surface area contributed by atoms with E-state index in [9.17, 15) is 0 Å². The number of nitrogens with zero attached hydrogens (tertiary/aromatic N) is 6. The summed E-state index contributed by atoms with van der Waals surface area (Å²) in [5, 5.41) is 7.14. The molecule has 0 N–H and O–H groups in total. The van der Waals surface area contributed by atoms with Gasteiger partial charge in [0.25, 0.3) is 0 Å². The maximum Gasteiger partial charge on any atom is 0.137 e. The van der Waals surface area contributed by atoms with Crippen molar-refractivity contribution in [3.05, 3.63) is 120 Å². The van der Waals surface area contributed by atoms with Crippen molar-refractivity contribution in [2.45, 2.75) is 20.8 Å². The number of hydrogen-bond donors (Lipinski definition) is 0. The van der Waals surface area contributed by atoms with E-state index in [1.165, 1.54) is 33.5 Å². The summed E-state index contributed by atoms with van der Waals surface area (Å²) in [6.45, 7) is 6.43. The van der Waals surface area contributed by atoms with Gasteiger partial charge in [-0.3, -0.25) is 4.57 Å². The molecular weight excluding hydrogens is 568 g/mol. The Labute approximate surface area is 269 Å². The lowest BCUT2D eigenvalue weighted by Gasteiger charge is -2.27. The number of pyridine rings is 1. The van der Waals surface area contributed by atoms with E-state index in [-0.39, 0.29) is 0 Å². The molecule has 0 fully saturated rings. The predicted molar refractivity (Wildman–Crippen MR) is 191 cm³/mol. The smallest absolute Gasteiger partial charge is 0.137 e. The summed E-state index contributed by atoms with van der Waals surface area (Å²) in [5.74, 6) is 2.38. The van der Waals surface area contributed by atoms with E-state index >= 15 is 0 Å². The number of hydrogen-bond acceptors (Lipinski definition) is 5. The van der Waals surface area contributed by atoms with Crippen LogP contribution in [0.15, 0.2) is 104 Å². The van der Waals surface area contributed by atoms with Crippen LogP contribution in [0.4, 0.5) is 11.4 Å². The maximum absolute atomic E-state index is 6.50. The van der Waals surface area contributed by atoms with Gasteiger partial charge in [-0.1, -0.05) is 30.3 Å². The Hall–Kier alpha value is -5.56. The summed E-state index contributed by atoms with van der Waals surface area (Å²) < 4.78 is 10.6. The molecule has 0 bridgehead atoms. The van der Waals surface area contributed by atoms with Gasteiger partial charge in [0.2, 0.25) is 0 Å². The van der Waals surface area contributed by atoms with Gasteiger partial charge < -0.3 is 14.5 Å². The molecule has 0 saturated carbocycles. The fourth-order valence-corrected chi connectivity index (χ4v) is 6.72. The number of ether oxygens (including phenoxy) is 1. The third-order valence-electron chi connectivity index (χ3n) is 8.51. The van der Waals surface area contributed by atoms with Crippen LogP contribution < -0.4 is 14.5 Å². The number of rotatable bonds is 7. The molecule has 7 heteroatoms. The molecule has 46 heavy (non-hydrogen) atoms. The topological polar surface area (TPSA) is 51.4 Å². The summed E-state index contributed by atoms with van der Waals surface area (Å²) in [6, 6.07) is 29.2. The molecule has 0 saturated heterocycles. The van der Waals surface area contributed by atoms with Crippen molar-refractivity contribution in [2.75, 3.05) is 38.0 Å². The van der Waals surface area contributed by atoms with E-state index < -0.39 is 0 Å². The molecule has 3 heterocycles. The zero-order valence-corrected chi connectivity index (χ0v) is 27.4. The monoisotopic (exact) mass is 606 g/mol. The number of benzene rings is 4. The molecule has 0 aliphatic carbocycles. The van der Waals surface area contributed by atoms with Crippen molar-refractivity contribution in [3.8, 4) is 34.1 Å². The fraction of sp³-hybridized carbons (Fsp3) is 0.179. The lowest BCUT2D eigenvalue weighted by atomic mass is 9.96. The van der Waals surface area contributed by atoms with Crippen molar-refractivity contribution < 1.29 is 4.74 Å². The Morgan fingerprint density at radius 3 is 2.13 bits per heavy atom. The van der Waals surface area contributed by atoms with Crippen molar-refractivity contribution in [1.82, 2.24) is 19.3 Å². The van der Waals surface area contributed by atoms with Gasteiger partial charge in [-0.15, -0.1) is 0 Å². The quantitative estimate of drug-likeness (QED) is 0.181. The number of fused-ring (bicyclic) bond motifs is 3. The zero-order valence-electron chi connectivity index (χ0n) is 27.4. The van der Waals surface area contributed by atoms with E-state index in [1.807, 2.05) is 47.4 Å². The molecule has 7 rings (SSSR count). The summed E-state index contributed by atoms with van der Waals surface area (Å²) in [7, 11) is 8.39. The molecule has 230 valence electrons. The third-order valence-corrected chi connectivity index (χ3v) is 8.51. The zero-order chi connectivity index (χ0) is 32.1. The highest BCUT2D eigenvalue weighted by Gasteiger charge is 2.21. The average Bonchev–Trinajstić information content (AvgIpc) is 3.64. The lowest BCUT2D eigenvalue weighted by molar-refractivity contribution is 0.483. The van der Waals surface area contributed by atoms with Crippen LogP contribution in [-0.4, -0.2) is 47.5 Å². The van der Waals surface area contributed by atoms with Crippen molar-refractivity contribution in [1.29, 1.82) is 0 Å². The van der Waals surface area contributed by atoms with E-state index in [0.29, 0.717) is 0 Å². The standard InChI is InChI=1S/C39H38N6O/c1-25-17-18-40-36(19-25)45-34-14-9-8-13-32(34)33-16-15-31(22-35(33)45)46-30-12-10-11-29(21-30)44-24-28(23-41-44)37-38(42(4)5)26(2)20-27(3)39(37)43(6)7/h8-24H,1-7H3. The highest BCUT2D eigenvalue weighted by molar-refractivity contribution is 6.09. The molecule has 0 unspecified atom stereocenters. The van der Waals surface area contributed by atoms with E-state index in [4.69, 9.17) is 14.8 Å². The molecule has 0 atom stereocenters. The first-order chi connectivity index (χ1) is 22.2. The SMILES string of the molecule is Cc1ccnc(-n2c3ccccc3c3ccc(Oc4cccc(-n5cc(-c6c(N(C)C)c(C)cc(C)c6N(C)C)cn5)c4)cc32)c1. The van der Waals surface area contributed by atoms with Crippen molar-refractivity contribution >= 4 is 33.2 Å². The van der Waals surface area contributed by atoms with Gasteiger partial charge >= 0.3 is 0 Å². The van der Waals surface area contributed by atoms with Crippen LogP contribution >= 0.6 is 0 Å².